The molecule has 0 heterocycles. The summed E-state index contributed by atoms with van der Waals surface area (Å²) in [5.41, 5.74) is 1.30. The molecule has 5 heteroatoms. The first-order chi connectivity index (χ1) is 9.10. The summed E-state index contributed by atoms with van der Waals surface area (Å²) in [7, 11) is 0. The van der Waals surface area contributed by atoms with Gasteiger partial charge in [0.25, 0.3) is 0 Å². The Hall–Kier alpha value is -0.770. The van der Waals surface area contributed by atoms with Crippen LogP contribution >= 0.6 is 39.1 Å². The Morgan fingerprint density at radius 1 is 1.11 bits per heavy atom. The van der Waals surface area contributed by atoms with E-state index in [-0.39, 0.29) is 12.4 Å². The molecular formula is C14H10BrCl2FO. The average Bonchev–Trinajstić information content (AvgIpc) is 2.39. The van der Waals surface area contributed by atoms with Crippen LogP contribution in [-0.4, -0.2) is 0 Å². The predicted molar refractivity (Wildman–Crippen MR) is 79.4 cm³/mol. The van der Waals surface area contributed by atoms with Gasteiger partial charge in [-0.1, -0.05) is 33.6 Å². The van der Waals surface area contributed by atoms with E-state index in [2.05, 4.69) is 15.9 Å². The van der Waals surface area contributed by atoms with E-state index in [0.29, 0.717) is 22.2 Å². The van der Waals surface area contributed by atoms with Gasteiger partial charge in [0.15, 0.2) is 0 Å². The first kappa shape index (κ1) is 14.6. The maximum absolute atomic E-state index is 13.6. The summed E-state index contributed by atoms with van der Waals surface area (Å²) >= 11 is 14.9. The Kier molecular flexibility index (Phi) is 5.08. The second-order valence-electron chi connectivity index (χ2n) is 3.91. The second-order valence-corrected chi connectivity index (χ2v) is 5.53. The van der Waals surface area contributed by atoms with Crippen molar-refractivity contribution in [1.29, 1.82) is 0 Å². The highest BCUT2D eigenvalue weighted by Crippen LogP contribution is 2.26. The SMILES string of the molecule is Fc1cc(Cl)ccc1COc1ccc(Br)cc1CCl. The molecule has 0 aliphatic heterocycles. The number of hydrogen-bond acceptors (Lipinski definition) is 1. The molecule has 2 aromatic carbocycles. The molecule has 0 unspecified atom stereocenters. The molecule has 0 saturated carbocycles. The summed E-state index contributed by atoms with van der Waals surface area (Å²) in [6.07, 6.45) is 0. The van der Waals surface area contributed by atoms with Crippen molar-refractivity contribution in [3.8, 4) is 5.75 Å². The van der Waals surface area contributed by atoms with Gasteiger partial charge in [-0.05, 0) is 30.3 Å². The van der Waals surface area contributed by atoms with E-state index in [0.717, 1.165) is 10.0 Å². The third kappa shape index (κ3) is 3.85. The van der Waals surface area contributed by atoms with Gasteiger partial charge in [0.05, 0.1) is 5.88 Å². The van der Waals surface area contributed by atoms with E-state index in [1.54, 1.807) is 18.2 Å². The molecule has 0 amide bonds. The van der Waals surface area contributed by atoms with Crippen LogP contribution in [0.4, 0.5) is 4.39 Å². The minimum atomic E-state index is -0.378. The van der Waals surface area contributed by atoms with Crippen LogP contribution in [-0.2, 0) is 12.5 Å². The van der Waals surface area contributed by atoms with E-state index in [1.807, 2.05) is 12.1 Å². The lowest BCUT2D eigenvalue weighted by atomic mass is 10.2. The van der Waals surface area contributed by atoms with Gasteiger partial charge in [-0.3, -0.25) is 0 Å². The highest BCUT2D eigenvalue weighted by molar-refractivity contribution is 9.10. The topological polar surface area (TPSA) is 9.23 Å². The van der Waals surface area contributed by atoms with Crippen molar-refractivity contribution in [2.45, 2.75) is 12.5 Å². The molecule has 0 aliphatic carbocycles. The zero-order valence-electron chi connectivity index (χ0n) is 9.80. The number of halogens is 4. The van der Waals surface area contributed by atoms with Crippen molar-refractivity contribution < 1.29 is 9.13 Å². The van der Waals surface area contributed by atoms with Crippen molar-refractivity contribution >= 4 is 39.1 Å². The van der Waals surface area contributed by atoms with Crippen LogP contribution in [0.3, 0.4) is 0 Å². The highest BCUT2D eigenvalue weighted by atomic mass is 79.9. The molecule has 1 nitrogen and oxygen atoms in total. The smallest absolute Gasteiger partial charge is 0.131 e. The van der Waals surface area contributed by atoms with Crippen LogP contribution in [0.5, 0.6) is 5.75 Å². The fourth-order valence-electron chi connectivity index (χ4n) is 1.59. The van der Waals surface area contributed by atoms with Gasteiger partial charge in [-0.2, -0.15) is 0 Å². The molecule has 0 N–H and O–H groups in total. The van der Waals surface area contributed by atoms with Crippen molar-refractivity contribution in [3.05, 3.63) is 62.8 Å². The number of rotatable bonds is 4. The molecule has 0 spiro atoms. The van der Waals surface area contributed by atoms with Gasteiger partial charge in [0.1, 0.15) is 18.2 Å². The molecule has 0 aromatic heterocycles. The quantitative estimate of drug-likeness (QED) is 0.646. The maximum Gasteiger partial charge on any atom is 0.131 e. The third-order valence-electron chi connectivity index (χ3n) is 2.56. The van der Waals surface area contributed by atoms with Crippen LogP contribution in [0, 0.1) is 5.82 Å². The summed E-state index contributed by atoms with van der Waals surface area (Å²) in [5, 5.41) is 0.367. The standard InChI is InChI=1S/C14H10BrCl2FO/c15-11-2-4-14(10(5-11)7-16)19-8-9-1-3-12(17)6-13(9)18/h1-6H,7-8H2. The summed E-state index contributed by atoms with van der Waals surface area (Å²) in [4.78, 5) is 0. The van der Waals surface area contributed by atoms with Gasteiger partial charge >= 0.3 is 0 Å². The molecule has 0 aliphatic rings. The van der Waals surface area contributed by atoms with Crippen molar-refractivity contribution in [1.82, 2.24) is 0 Å². The Balaban J connectivity index is 2.14. The summed E-state index contributed by atoms with van der Waals surface area (Å²) in [6, 6.07) is 10.0. The molecule has 0 bridgehead atoms. The molecule has 0 radical (unpaired) electrons. The predicted octanol–water partition coefficient (Wildman–Crippen LogP) is 5.56. The summed E-state index contributed by atoms with van der Waals surface area (Å²) in [6.45, 7) is 0.133. The highest BCUT2D eigenvalue weighted by Gasteiger charge is 2.07. The molecule has 2 aromatic rings. The van der Waals surface area contributed by atoms with Gasteiger partial charge in [0.2, 0.25) is 0 Å². The van der Waals surface area contributed by atoms with Gasteiger partial charge in [0, 0.05) is 20.6 Å². The Morgan fingerprint density at radius 3 is 2.58 bits per heavy atom. The zero-order chi connectivity index (χ0) is 13.8. The fourth-order valence-corrected chi connectivity index (χ4v) is 2.36. The van der Waals surface area contributed by atoms with Crippen LogP contribution in [0.25, 0.3) is 0 Å². The van der Waals surface area contributed by atoms with E-state index < -0.39 is 0 Å². The first-order valence-electron chi connectivity index (χ1n) is 5.51. The molecule has 0 atom stereocenters. The lowest BCUT2D eigenvalue weighted by Gasteiger charge is -2.11. The normalized spacial score (nSPS) is 10.5. The number of hydrogen-bond donors (Lipinski definition) is 0. The van der Waals surface area contributed by atoms with Crippen LogP contribution in [0.15, 0.2) is 40.9 Å². The maximum atomic E-state index is 13.6. The summed E-state index contributed by atoms with van der Waals surface area (Å²) in [5.74, 6) is 0.599. The summed E-state index contributed by atoms with van der Waals surface area (Å²) < 4.78 is 20.1. The average molecular weight is 364 g/mol. The van der Waals surface area contributed by atoms with E-state index in [9.17, 15) is 4.39 Å². The van der Waals surface area contributed by atoms with E-state index in [1.165, 1.54) is 6.07 Å². The van der Waals surface area contributed by atoms with Crippen LogP contribution < -0.4 is 4.74 Å². The minimum Gasteiger partial charge on any atom is -0.488 e. The monoisotopic (exact) mass is 362 g/mol. The van der Waals surface area contributed by atoms with Crippen molar-refractivity contribution in [3.63, 3.8) is 0 Å². The molecule has 0 fully saturated rings. The Bertz CT molecular complexity index is 590. The molecule has 19 heavy (non-hydrogen) atoms. The zero-order valence-corrected chi connectivity index (χ0v) is 12.9. The Labute approximate surface area is 129 Å². The Morgan fingerprint density at radius 2 is 1.89 bits per heavy atom. The van der Waals surface area contributed by atoms with E-state index in [4.69, 9.17) is 27.9 Å². The lowest BCUT2D eigenvalue weighted by Crippen LogP contribution is -2.00. The van der Waals surface area contributed by atoms with Crippen LogP contribution in [0.1, 0.15) is 11.1 Å². The van der Waals surface area contributed by atoms with Gasteiger partial charge < -0.3 is 4.74 Å². The fraction of sp³-hybridized carbons (Fsp3) is 0.143. The largest absolute Gasteiger partial charge is 0.488 e. The second kappa shape index (κ2) is 6.60. The van der Waals surface area contributed by atoms with Gasteiger partial charge in [-0.25, -0.2) is 4.39 Å². The molecular weight excluding hydrogens is 354 g/mol. The van der Waals surface area contributed by atoms with Crippen LogP contribution in [0.2, 0.25) is 5.02 Å². The van der Waals surface area contributed by atoms with Crippen molar-refractivity contribution in [2.75, 3.05) is 0 Å². The van der Waals surface area contributed by atoms with Gasteiger partial charge in [-0.15, -0.1) is 11.6 Å². The third-order valence-corrected chi connectivity index (χ3v) is 3.58. The number of ether oxygens (including phenoxy) is 1. The lowest BCUT2D eigenvalue weighted by molar-refractivity contribution is 0.297. The first-order valence-corrected chi connectivity index (χ1v) is 7.22. The number of alkyl halides is 1. The minimum absolute atomic E-state index is 0.133. The molecule has 0 saturated heterocycles. The number of benzene rings is 2. The van der Waals surface area contributed by atoms with E-state index >= 15 is 0 Å². The molecule has 100 valence electrons. The molecule has 2 rings (SSSR count). The van der Waals surface area contributed by atoms with Crippen molar-refractivity contribution in [2.24, 2.45) is 0 Å².